The van der Waals surface area contributed by atoms with Crippen LogP contribution < -0.4 is 10.4 Å². The van der Waals surface area contributed by atoms with E-state index in [-0.39, 0.29) is 17.5 Å². The highest BCUT2D eigenvalue weighted by atomic mass is 19.4. The fourth-order valence-corrected chi connectivity index (χ4v) is 5.03. The first-order valence-electron chi connectivity index (χ1n) is 11.2. The molecule has 172 valence electrons. The number of fused-ring (bicyclic) bond motifs is 1. The molecule has 1 saturated heterocycles. The summed E-state index contributed by atoms with van der Waals surface area (Å²) >= 11 is 0. The number of imidazole rings is 1. The van der Waals surface area contributed by atoms with E-state index >= 15 is 0 Å². The first kappa shape index (κ1) is 22.2. The van der Waals surface area contributed by atoms with Crippen molar-refractivity contribution >= 4 is 11.0 Å². The lowest BCUT2D eigenvalue weighted by Gasteiger charge is -2.41. The summed E-state index contributed by atoms with van der Waals surface area (Å²) in [6.07, 6.45) is 2.70. The fraction of sp³-hybridized carbons (Fsp3) is 0.682. The van der Waals surface area contributed by atoms with Crippen molar-refractivity contribution in [2.45, 2.75) is 76.4 Å². The Labute approximate surface area is 179 Å². The predicted octanol–water partition coefficient (Wildman–Crippen LogP) is 4.60. The van der Waals surface area contributed by atoms with E-state index in [1.165, 1.54) is 18.2 Å². The minimum atomic E-state index is -4.76. The van der Waals surface area contributed by atoms with Gasteiger partial charge in [-0.15, -0.1) is 13.2 Å². The maximum absolute atomic E-state index is 12.6. The number of benzene rings is 1. The quantitative estimate of drug-likeness (QED) is 0.712. The Morgan fingerprint density at radius 2 is 1.77 bits per heavy atom. The number of halogens is 3. The van der Waals surface area contributed by atoms with Gasteiger partial charge >= 0.3 is 12.1 Å². The molecule has 0 spiro atoms. The highest BCUT2D eigenvalue weighted by molar-refractivity contribution is 5.77. The molecule has 1 aliphatic carbocycles. The first-order chi connectivity index (χ1) is 14.8. The first-order valence-corrected chi connectivity index (χ1v) is 11.2. The summed E-state index contributed by atoms with van der Waals surface area (Å²) in [5, 5.41) is 0. The largest absolute Gasteiger partial charge is 0.573 e. The van der Waals surface area contributed by atoms with Gasteiger partial charge in [0.05, 0.1) is 17.1 Å². The number of ether oxygens (including phenoxy) is 2. The van der Waals surface area contributed by atoms with Crippen LogP contribution in [0, 0.1) is 0 Å². The number of likely N-dealkylation sites (tertiary alicyclic amines) is 1. The Hall–Kier alpha value is -2.00. The van der Waals surface area contributed by atoms with E-state index in [2.05, 4.69) is 21.5 Å². The molecule has 1 aliphatic heterocycles. The van der Waals surface area contributed by atoms with Crippen LogP contribution >= 0.6 is 0 Å². The molecule has 6 nitrogen and oxygen atoms in total. The number of H-pyrrole nitrogens is 1. The minimum absolute atomic E-state index is 0.0390. The Bertz CT molecular complexity index is 923. The van der Waals surface area contributed by atoms with Gasteiger partial charge in [-0.05, 0) is 57.1 Å². The van der Waals surface area contributed by atoms with Gasteiger partial charge in [0.2, 0.25) is 0 Å². The molecule has 1 aromatic heterocycles. The van der Waals surface area contributed by atoms with E-state index in [9.17, 15) is 18.0 Å². The molecule has 31 heavy (non-hydrogen) atoms. The van der Waals surface area contributed by atoms with E-state index in [1.807, 2.05) is 0 Å². The van der Waals surface area contributed by atoms with Crippen LogP contribution in [0.4, 0.5) is 13.2 Å². The van der Waals surface area contributed by atoms with Crippen molar-refractivity contribution in [3.8, 4) is 5.75 Å². The van der Waals surface area contributed by atoms with Crippen LogP contribution in [-0.2, 0) is 4.74 Å². The topological polar surface area (TPSA) is 59.5 Å². The summed E-state index contributed by atoms with van der Waals surface area (Å²) in [5.74, 6) is -0.313. The summed E-state index contributed by atoms with van der Waals surface area (Å²) in [4.78, 5) is 17.8. The van der Waals surface area contributed by atoms with Crippen LogP contribution in [0.25, 0.3) is 11.0 Å². The maximum Gasteiger partial charge on any atom is 0.573 e. The molecule has 0 bridgehead atoms. The van der Waals surface area contributed by atoms with Crippen molar-refractivity contribution in [2.24, 2.45) is 0 Å². The smallest absolute Gasteiger partial charge is 0.406 e. The number of hydrogen-bond acceptors (Lipinski definition) is 4. The number of aromatic nitrogens is 2. The van der Waals surface area contributed by atoms with Crippen LogP contribution in [0.5, 0.6) is 5.75 Å². The molecular weight excluding hydrogens is 411 g/mol. The monoisotopic (exact) mass is 441 g/mol. The average Bonchev–Trinajstić information content (AvgIpc) is 3.06. The van der Waals surface area contributed by atoms with Crippen LogP contribution in [0.1, 0.15) is 57.9 Å². The SMILES string of the molecule is CCCO[C@H]1CC[C@@H](N2CCC(n3c(=O)[nH]c4ccc(OC(F)(F)F)cc43)CC2)CC1. The van der Waals surface area contributed by atoms with Gasteiger partial charge in [-0.3, -0.25) is 4.57 Å². The van der Waals surface area contributed by atoms with E-state index < -0.39 is 6.36 Å². The van der Waals surface area contributed by atoms with Gasteiger partial charge in [-0.1, -0.05) is 6.92 Å². The summed E-state index contributed by atoms with van der Waals surface area (Å²) in [6.45, 7) is 4.72. The molecule has 2 aliphatic rings. The number of aromatic amines is 1. The molecule has 0 amide bonds. The van der Waals surface area contributed by atoms with E-state index in [1.54, 1.807) is 4.57 Å². The normalized spacial score (nSPS) is 24.0. The second-order valence-electron chi connectivity index (χ2n) is 8.60. The van der Waals surface area contributed by atoms with E-state index in [0.29, 0.717) is 23.2 Å². The molecule has 0 atom stereocenters. The van der Waals surface area contributed by atoms with Crippen LogP contribution in [0.3, 0.4) is 0 Å². The van der Waals surface area contributed by atoms with Crippen LogP contribution in [0.15, 0.2) is 23.0 Å². The van der Waals surface area contributed by atoms with E-state index in [4.69, 9.17) is 4.74 Å². The van der Waals surface area contributed by atoms with Gasteiger partial charge in [-0.2, -0.15) is 0 Å². The third-order valence-corrected chi connectivity index (χ3v) is 6.50. The van der Waals surface area contributed by atoms with Crippen molar-refractivity contribution in [1.82, 2.24) is 14.5 Å². The highest BCUT2D eigenvalue weighted by Crippen LogP contribution is 2.32. The van der Waals surface area contributed by atoms with Gasteiger partial charge in [-0.25, -0.2) is 4.79 Å². The Kier molecular flexibility index (Phi) is 6.62. The molecule has 2 aromatic rings. The fourth-order valence-electron chi connectivity index (χ4n) is 5.03. The van der Waals surface area contributed by atoms with Gasteiger partial charge in [0.15, 0.2) is 0 Å². The molecule has 0 unspecified atom stereocenters. The minimum Gasteiger partial charge on any atom is -0.406 e. The van der Waals surface area contributed by atoms with Gasteiger partial charge in [0, 0.05) is 37.8 Å². The standard InChI is InChI=1S/C22H30F3N3O3/c1-2-13-30-17-5-3-15(4-6-17)27-11-9-16(10-12-27)28-20-14-18(31-22(23,24)25)7-8-19(20)26-21(28)29/h7-8,14-17H,2-6,9-13H2,1H3,(H,26,29)/t15-,17+. The van der Waals surface area contributed by atoms with Gasteiger partial charge in [0.1, 0.15) is 5.75 Å². The molecule has 4 rings (SSSR count). The van der Waals surface area contributed by atoms with Crippen molar-refractivity contribution in [3.05, 3.63) is 28.7 Å². The number of rotatable bonds is 6. The Balaban J connectivity index is 1.40. The lowest BCUT2D eigenvalue weighted by molar-refractivity contribution is -0.274. The second kappa shape index (κ2) is 9.24. The molecular formula is C22H30F3N3O3. The Morgan fingerprint density at radius 1 is 1.06 bits per heavy atom. The number of hydrogen-bond donors (Lipinski definition) is 1. The molecule has 1 saturated carbocycles. The third kappa shape index (κ3) is 5.26. The molecule has 9 heteroatoms. The van der Waals surface area contributed by atoms with Crippen molar-refractivity contribution in [3.63, 3.8) is 0 Å². The number of alkyl halides is 3. The lowest BCUT2D eigenvalue weighted by Crippen LogP contribution is -2.45. The summed E-state index contributed by atoms with van der Waals surface area (Å²) in [7, 11) is 0. The van der Waals surface area contributed by atoms with Gasteiger partial charge in [0.25, 0.3) is 0 Å². The number of nitrogens with zero attached hydrogens (tertiary/aromatic N) is 2. The summed E-state index contributed by atoms with van der Waals surface area (Å²) in [6, 6.07) is 4.49. The molecule has 2 fully saturated rings. The molecule has 2 heterocycles. The van der Waals surface area contributed by atoms with Crippen molar-refractivity contribution in [1.29, 1.82) is 0 Å². The predicted molar refractivity (Wildman–Crippen MR) is 111 cm³/mol. The third-order valence-electron chi connectivity index (χ3n) is 6.50. The summed E-state index contributed by atoms with van der Waals surface area (Å²) in [5.41, 5.74) is 0.692. The van der Waals surface area contributed by atoms with Gasteiger partial charge < -0.3 is 19.4 Å². The van der Waals surface area contributed by atoms with Crippen molar-refractivity contribution in [2.75, 3.05) is 19.7 Å². The second-order valence-corrected chi connectivity index (χ2v) is 8.60. The highest BCUT2D eigenvalue weighted by Gasteiger charge is 2.32. The van der Waals surface area contributed by atoms with Crippen LogP contribution in [0.2, 0.25) is 0 Å². The average molecular weight is 441 g/mol. The summed E-state index contributed by atoms with van der Waals surface area (Å²) < 4.78 is 49.3. The Morgan fingerprint density at radius 3 is 2.42 bits per heavy atom. The zero-order chi connectivity index (χ0) is 22.0. The number of piperidine rings is 1. The van der Waals surface area contributed by atoms with E-state index in [0.717, 1.165) is 64.6 Å². The zero-order valence-corrected chi connectivity index (χ0v) is 17.8. The maximum atomic E-state index is 12.6. The molecule has 0 radical (unpaired) electrons. The number of nitrogens with one attached hydrogen (secondary N) is 1. The lowest BCUT2D eigenvalue weighted by atomic mass is 9.90. The van der Waals surface area contributed by atoms with Crippen LogP contribution in [-0.4, -0.2) is 52.7 Å². The zero-order valence-electron chi connectivity index (χ0n) is 17.8. The van der Waals surface area contributed by atoms with Crippen molar-refractivity contribution < 1.29 is 22.6 Å². The molecule has 1 aromatic carbocycles. The molecule has 1 N–H and O–H groups in total.